The van der Waals surface area contributed by atoms with Crippen LogP contribution in [0.2, 0.25) is 5.02 Å². The standard InChI is InChI=1S/C11H15ClN2O2/c1-6-8(12)9(14(3)13-6)11(2,10(15)16)7-4-5-7/h7H,4-5H2,1-3H3,(H,15,16). The molecule has 1 aliphatic rings. The zero-order valence-electron chi connectivity index (χ0n) is 9.62. The number of carbonyl (C=O) groups is 1. The van der Waals surface area contributed by atoms with E-state index < -0.39 is 11.4 Å². The zero-order chi connectivity index (χ0) is 12.1. The van der Waals surface area contributed by atoms with E-state index in [1.807, 2.05) is 0 Å². The lowest BCUT2D eigenvalue weighted by Crippen LogP contribution is -2.37. The minimum Gasteiger partial charge on any atom is -0.481 e. The highest BCUT2D eigenvalue weighted by Gasteiger charge is 2.51. The number of aryl methyl sites for hydroxylation is 2. The second kappa shape index (κ2) is 3.48. The monoisotopic (exact) mass is 242 g/mol. The van der Waals surface area contributed by atoms with Gasteiger partial charge in [-0.25, -0.2) is 0 Å². The van der Waals surface area contributed by atoms with Crippen LogP contribution in [0.1, 0.15) is 31.2 Å². The molecule has 88 valence electrons. The van der Waals surface area contributed by atoms with Gasteiger partial charge in [0.1, 0.15) is 5.41 Å². The summed E-state index contributed by atoms with van der Waals surface area (Å²) in [5, 5.41) is 14.1. The zero-order valence-corrected chi connectivity index (χ0v) is 10.4. The number of aromatic nitrogens is 2. The molecule has 0 saturated heterocycles. The van der Waals surface area contributed by atoms with Crippen LogP contribution in [-0.4, -0.2) is 20.9 Å². The van der Waals surface area contributed by atoms with Crippen LogP contribution in [0.4, 0.5) is 0 Å². The Bertz CT molecular complexity index is 451. The maximum atomic E-state index is 11.5. The average molecular weight is 243 g/mol. The smallest absolute Gasteiger partial charge is 0.315 e. The first-order valence-electron chi connectivity index (χ1n) is 5.32. The SMILES string of the molecule is Cc1nn(C)c(C(C)(C(=O)O)C2CC2)c1Cl. The second-order valence-corrected chi connectivity index (χ2v) is 5.03. The van der Waals surface area contributed by atoms with Crippen molar-refractivity contribution in [1.82, 2.24) is 9.78 Å². The van der Waals surface area contributed by atoms with Gasteiger partial charge >= 0.3 is 5.97 Å². The fourth-order valence-corrected chi connectivity index (χ4v) is 2.68. The van der Waals surface area contributed by atoms with E-state index in [4.69, 9.17) is 11.6 Å². The van der Waals surface area contributed by atoms with Gasteiger partial charge in [0.05, 0.1) is 16.4 Å². The maximum Gasteiger partial charge on any atom is 0.315 e. The lowest BCUT2D eigenvalue weighted by molar-refractivity contribution is -0.144. The summed E-state index contributed by atoms with van der Waals surface area (Å²) < 4.78 is 1.60. The van der Waals surface area contributed by atoms with Crippen LogP contribution in [0, 0.1) is 12.8 Å². The number of aliphatic carboxylic acids is 1. The summed E-state index contributed by atoms with van der Waals surface area (Å²) in [6.45, 7) is 3.54. The van der Waals surface area contributed by atoms with Crippen molar-refractivity contribution in [2.45, 2.75) is 32.1 Å². The van der Waals surface area contributed by atoms with E-state index in [-0.39, 0.29) is 5.92 Å². The summed E-state index contributed by atoms with van der Waals surface area (Å²) in [5.41, 5.74) is 0.404. The number of hydrogen-bond donors (Lipinski definition) is 1. The van der Waals surface area contributed by atoms with E-state index >= 15 is 0 Å². The lowest BCUT2D eigenvalue weighted by Gasteiger charge is -2.25. The Morgan fingerprint density at radius 2 is 2.19 bits per heavy atom. The molecule has 1 aromatic rings. The Morgan fingerprint density at radius 1 is 1.62 bits per heavy atom. The van der Waals surface area contributed by atoms with Crippen LogP contribution in [0.15, 0.2) is 0 Å². The second-order valence-electron chi connectivity index (χ2n) is 4.65. The van der Waals surface area contributed by atoms with Crippen molar-refractivity contribution in [1.29, 1.82) is 0 Å². The fraction of sp³-hybridized carbons (Fsp3) is 0.636. The van der Waals surface area contributed by atoms with Crippen LogP contribution in [0.25, 0.3) is 0 Å². The molecular formula is C11H15ClN2O2. The highest BCUT2D eigenvalue weighted by Crippen LogP contribution is 2.49. The minimum atomic E-state index is -0.910. The van der Waals surface area contributed by atoms with Gasteiger partial charge in [-0.2, -0.15) is 5.10 Å². The average Bonchev–Trinajstić information content (AvgIpc) is 2.96. The van der Waals surface area contributed by atoms with Gasteiger partial charge in [0.2, 0.25) is 0 Å². The van der Waals surface area contributed by atoms with Gasteiger partial charge < -0.3 is 5.11 Å². The Morgan fingerprint density at radius 3 is 2.50 bits per heavy atom. The van der Waals surface area contributed by atoms with Gasteiger partial charge in [-0.05, 0) is 32.6 Å². The largest absolute Gasteiger partial charge is 0.481 e. The van der Waals surface area contributed by atoms with Crippen LogP contribution in [-0.2, 0) is 17.3 Å². The van der Waals surface area contributed by atoms with Gasteiger partial charge in [-0.3, -0.25) is 9.48 Å². The summed E-state index contributed by atoms with van der Waals surface area (Å²) in [7, 11) is 1.75. The summed E-state index contributed by atoms with van der Waals surface area (Å²) in [6.07, 6.45) is 1.90. The van der Waals surface area contributed by atoms with Crippen molar-refractivity contribution < 1.29 is 9.90 Å². The molecular weight excluding hydrogens is 228 g/mol. The molecule has 0 radical (unpaired) electrons. The highest BCUT2D eigenvalue weighted by atomic mass is 35.5. The number of carboxylic acids is 1. The molecule has 1 N–H and O–H groups in total. The third-order valence-corrected chi connectivity index (χ3v) is 3.93. The number of carboxylic acid groups (broad SMARTS) is 1. The van der Waals surface area contributed by atoms with Crippen molar-refractivity contribution in [2.24, 2.45) is 13.0 Å². The first kappa shape index (κ1) is 11.5. The van der Waals surface area contributed by atoms with E-state index in [9.17, 15) is 9.90 Å². The minimum absolute atomic E-state index is 0.178. The third-order valence-electron chi connectivity index (χ3n) is 3.48. The first-order chi connectivity index (χ1) is 7.39. The molecule has 16 heavy (non-hydrogen) atoms. The van der Waals surface area contributed by atoms with E-state index in [2.05, 4.69) is 5.10 Å². The summed E-state index contributed by atoms with van der Waals surface area (Å²) in [4.78, 5) is 11.5. The number of rotatable bonds is 3. The Kier molecular flexibility index (Phi) is 2.49. The molecule has 1 heterocycles. The molecule has 4 nitrogen and oxygen atoms in total. The normalized spacial score (nSPS) is 19.5. The summed E-state index contributed by atoms with van der Waals surface area (Å²) >= 11 is 6.17. The fourth-order valence-electron chi connectivity index (χ4n) is 2.33. The molecule has 2 rings (SSSR count). The summed E-state index contributed by atoms with van der Waals surface area (Å²) in [6, 6.07) is 0. The van der Waals surface area contributed by atoms with Crippen LogP contribution < -0.4 is 0 Å². The predicted molar refractivity (Wildman–Crippen MR) is 60.7 cm³/mol. The molecule has 0 aromatic carbocycles. The number of nitrogens with zero attached hydrogens (tertiary/aromatic N) is 2. The molecule has 1 unspecified atom stereocenters. The van der Waals surface area contributed by atoms with Crippen molar-refractivity contribution in [3.05, 3.63) is 16.4 Å². The molecule has 1 aromatic heterocycles. The molecule has 1 aliphatic carbocycles. The molecule has 0 spiro atoms. The van der Waals surface area contributed by atoms with Gasteiger partial charge in [0.25, 0.3) is 0 Å². The van der Waals surface area contributed by atoms with Gasteiger partial charge in [0, 0.05) is 7.05 Å². The topological polar surface area (TPSA) is 55.1 Å². The van der Waals surface area contributed by atoms with Gasteiger partial charge in [0.15, 0.2) is 0 Å². The maximum absolute atomic E-state index is 11.5. The molecule has 0 bridgehead atoms. The lowest BCUT2D eigenvalue weighted by atomic mass is 9.81. The number of hydrogen-bond acceptors (Lipinski definition) is 2. The van der Waals surface area contributed by atoms with Crippen molar-refractivity contribution in [3.8, 4) is 0 Å². The van der Waals surface area contributed by atoms with Crippen molar-refractivity contribution in [2.75, 3.05) is 0 Å². The molecule has 0 amide bonds. The van der Waals surface area contributed by atoms with Crippen LogP contribution >= 0.6 is 11.6 Å². The highest BCUT2D eigenvalue weighted by molar-refractivity contribution is 6.32. The molecule has 1 saturated carbocycles. The van der Waals surface area contributed by atoms with Gasteiger partial charge in [-0.1, -0.05) is 11.6 Å². The quantitative estimate of drug-likeness (QED) is 0.884. The van der Waals surface area contributed by atoms with E-state index in [0.717, 1.165) is 12.8 Å². The molecule has 1 atom stereocenters. The molecule has 1 fully saturated rings. The van der Waals surface area contributed by atoms with Crippen molar-refractivity contribution >= 4 is 17.6 Å². The predicted octanol–water partition coefficient (Wildman–Crippen LogP) is 2.13. The molecule has 0 aliphatic heterocycles. The van der Waals surface area contributed by atoms with E-state index in [1.54, 1.807) is 25.6 Å². The first-order valence-corrected chi connectivity index (χ1v) is 5.69. The Labute approximate surface area is 99.2 Å². The Hall–Kier alpha value is -1.03. The van der Waals surface area contributed by atoms with E-state index in [1.165, 1.54) is 0 Å². The van der Waals surface area contributed by atoms with E-state index in [0.29, 0.717) is 16.4 Å². The summed E-state index contributed by atoms with van der Waals surface area (Å²) in [5.74, 6) is -0.641. The van der Waals surface area contributed by atoms with Crippen LogP contribution in [0.3, 0.4) is 0 Å². The number of halogens is 1. The van der Waals surface area contributed by atoms with Gasteiger partial charge in [-0.15, -0.1) is 0 Å². The van der Waals surface area contributed by atoms with Crippen LogP contribution in [0.5, 0.6) is 0 Å². The third kappa shape index (κ3) is 1.44. The Balaban J connectivity index is 2.59. The van der Waals surface area contributed by atoms with Crippen molar-refractivity contribution in [3.63, 3.8) is 0 Å². The molecule has 5 heteroatoms.